The van der Waals surface area contributed by atoms with Gasteiger partial charge in [0.15, 0.2) is 0 Å². The Morgan fingerprint density at radius 1 is 1.00 bits per heavy atom. The molecule has 4 aliphatic heterocycles. The average Bonchev–Trinajstić information content (AvgIpc) is 3.04. The van der Waals surface area contributed by atoms with Crippen LogP contribution >= 0.6 is 0 Å². The number of nitrogens with zero attached hydrogens (tertiary/aromatic N) is 4. The second kappa shape index (κ2) is 6.12. The van der Waals surface area contributed by atoms with Crippen LogP contribution in [0.4, 0.5) is 20.5 Å². The fraction of sp³-hybridized carbons (Fsp3) is 0.500. The van der Waals surface area contributed by atoms with Gasteiger partial charge in [-0.1, -0.05) is 0 Å². The topological polar surface area (TPSA) is 58.3 Å². The third kappa shape index (κ3) is 2.76. The van der Waals surface area contributed by atoms with Crippen LogP contribution < -0.4 is 10.6 Å². The lowest BCUT2D eigenvalue weighted by Crippen LogP contribution is -2.60. The normalized spacial score (nSPS) is 32.0. The number of fused-ring (bicyclic) bond motifs is 2. The van der Waals surface area contributed by atoms with E-state index in [-0.39, 0.29) is 23.9 Å². The lowest BCUT2D eigenvalue weighted by Gasteiger charge is -2.51. The molecule has 0 radical (unpaired) electrons. The van der Waals surface area contributed by atoms with Crippen LogP contribution in [0.5, 0.6) is 0 Å². The summed E-state index contributed by atoms with van der Waals surface area (Å²) in [7, 11) is 0. The standard InChI is InChI=1S/C20H23F2N5/c1-11-6-17(25-20(23)24-11)27-10-16(13-7-14(21)9-15(22)8-13)19-18(27)12-2-4-26(19)5-3-12/h6-9,12,16,18-19H,2-5,10H2,1H3,(H2,23,24,25)/t16-,18-,19-/m1/s1. The number of halogens is 2. The summed E-state index contributed by atoms with van der Waals surface area (Å²) in [5.41, 5.74) is 7.46. The van der Waals surface area contributed by atoms with Crippen molar-refractivity contribution in [3.63, 3.8) is 0 Å². The number of hydrogen-bond donors (Lipinski definition) is 1. The summed E-state index contributed by atoms with van der Waals surface area (Å²) in [6, 6.07) is 6.40. The van der Waals surface area contributed by atoms with Gasteiger partial charge in [-0.25, -0.2) is 13.8 Å². The zero-order valence-corrected chi connectivity index (χ0v) is 15.3. The Labute approximate surface area is 157 Å². The summed E-state index contributed by atoms with van der Waals surface area (Å²) in [6.07, 6.45) is 2.31. The molecule has 4 aliphatic rings. The predicted molar refractivity (Wildman–Crippen MR) is 99.5 cm³/mol. The van der Waals surface area contributed by atoms with Gasteiger partial charge in [0.05, 0.1) is 0 Å². The molecule has 4 fully saturated rings. The summed E-state index contributed by atoms with van der Waals surface area (Å²) in [4.78, 5) is 13.5. The Balaban J connectivity index is 1.59. The number of benzene rings is 1. The summed E-state index contributed by atoms with van der Waals surface area (Å²) in [5, 5.41) is 0. The quantitative estimate of drug-likeness (QED) is 0.880. The van der Waals surface area contributed by atoms with Gasteiger partial charge in [-0.2, -0.15) is 4.98 Å². The van der Waals surface area contributed by atoms with E-state index in [9.17, 15) is 8.78 Å². The number of rotatable bonds is 2. The van der Waals surface area contributed by atoms with E-state index in [1.807, 2.05) is 13.0 Å². The lowest BCUT2D eigenvalue weighted by molar-refractivity contribution is 0.0354. The van der Waals surface area contributed by atoms with Crippen molar-refractivity contribution < 1.29 is 8.78 Å². The molecule has 27 heavy (non-hydrogen) atoms. The van der Waals surface area contributed by atoms with Gasteiger partial charge in [-0.15, -0.1) is 0 Å². The molecule has 3 atom stereocenters. The van der Waals surface area contributed by atoms with Crippen LogP contribution in [0.15, 0.2) is 24.3 Å². The first kappa shape index (κ1) is 16.9. The minimum absolute atomic E-state index is 0.0415. The zero-order valence-electron chi connectivity index (χ0n) is 15.3. The molecular weight excluding hydrogens is 348 g/mol. The highest BCUT2D eigenvalue weighted by Crippen LogP contribution is 2.47. The maximum absolute atomic E-state index is 13.9. The highest BCUT2D eigenvalue weighted by atomic mass is 19.1. The van der Waals surface area contributed by atoms with Crippen molar-refractivity contribution in [2.75, 3.05) is 30.3 Å². The van der Waals surface area contributed by atoms with E-state index in [0.29, 0.717) is 12.5 Å². The van der Waals surface area contributed by atoms with E-state index in [4.69, 9.17) is 5.73 Å². The van der Waals surface area contributed by atoms with Gasteiger partial charge in [0.1, 0.15) is 17.5 Å². The molecule has 6 rings (SSSR count). The SMILES string of the molecule is Cc1cc(N2C[C@H](c3cc(F)cc(F)c3)[C@@H]3[C@H]2C2CCN3CC2)nc(N)n1. The number of nitrogen functional groups attached to an aromatic ring is 1. The number of piperidine rings is 3. The van der Waals surface area contributed by atoms with Crippen LogP contribution in [0.2, 0.25) is 0 Å². The highest BCUT2D eigenvalue weighted by Gasteiger charge is 2.53. The van der Waals surface area contributed by atoms with Gasteiger partial charge in [-0.3, -0.25) is 4.90 Å². The van der Waals surface area contributed by atoms with Crippen LogP contribution in [0.1, 0.15) is 30.0 Å². The monoisotopic (exact) mass is 371 g/mol. The van der Waals surface area contributed by atoms with Gasteiger partial charge in [-0.05, 0) is 56.5 Å². The van der Waals surface area contributed by atoms with Crippen molar-refractivity contribution in [3.8, 4) is 0 Å². The molecule has 0 amide bonds. The fourth-order valence-electron chi connectivity index (χ4n) is 5.49. The summed E-state index contributed by atoms with van der Waals surface area (Å²) < 4.78 is 27.8. The molecule has 4 saturated heterocycles. The maximum Gasteiger partial charge on any atom is 0.222 e. The van der Waals surface area contributed by atoms with Gasteiger partial charge in [0.25, 0.3) is 0 Å². The predicted octanol–water partition coefficient (Wildman–Crippen LogP) is 2.71. The van der Waals surface area contributed by atoms with E-state index in [1.54, 1.807) is 0 Å². The van der Waals surface area contributed by atoms with Crippen molar-refractivity contribution in [3.05, 3.63) is 47.2 Å². The van der Waals surface area contributed by atoms with E-state index < -0.39 is 11.6 Å². The molecule has 0 spiro atoms. The Morgan fingerprint density at radius 2 is 1.70 bits per heavy atom. The summed E-state index contributed by atoms with van der Waals surface area (Å²) >= 11 is 0. The van der Waals surface area contributed by atoms with Gasteiger partial charge >= 0.3 is 0 Å². The summed E-state index contributed by atoms with van der Waals surface area (Å²) in [5.74, 6) is 0.669. The largest absolute Gasteiger partial charge is 0.368 e. The number of hydrogen-bond acceptors (Lipinski definition) is 5. The second-order valence-electron chi connectivity index (χ2n) is 8.04. The zero-order chi connectivity index (χ0) is 18.7. The third-order valence-electron chi connectivity index (χ3n) is 6.46. The molecule has 5 heterocycles. The Kier molecular flexibility index (Phi) is 3.82. The van der Waals surface area contributed by atoms with Crippen LogP contribution in [-0.2, 0) is 0 Å². The highest BCUT2D eigenvalue weighted by molar-refractivity contribution is 5.49. The number of anilines is 2. The number of aryl methyl sites for hydroxylation is 1. The van der Waals surface area contributed by atoms with E-state index in [0.717, 1.165) is 49.1 Å². The van der Waals surface area contributed by atoms with E-state index in [1.165, 1.54) is 12.1 Å². The Bertz CT molecular complexity index is 769. The van der Waals surface area contributed by atoms with Crippen molar-refractivity contribution in [1.29, 1.82) is 0 Å². The molecule has 0 unspecified atom stereocenters. The molecule has 2 bridgehead atoms. The molecule has 7 heteroatoms. The second-order valence-corrected chi connectivity index (χ2v) is 8.04. The molecule has 1 aromatic carbocycles. The Hall–Kier alpha value is -2.28. The van der Waals surface area contributed by atoms with Crippen LogP contribution in [0.3, 0.4) is 0 Å². The number of nitrogens with two attached hydrogens (primary N) is 1. The van der Waals surface area contributed by atoms with Crippen LogP contribution in [-0.4, -0.2) is 46.6 Å². The van der Waals surface area contributed by atoms with Crippen LogP contribution in [0.25, 0.3) is 0 Å². The van der Waals surface area contributed by atoms with Crippen molar-refractivity contribution >= 4 is 11.8 Å². The molecule has 1 aromatic heterocycles. The van der Waals surface area contributed by atoms with E-state index in [2.05, 4.69) is 19.8 Å². The first-order chi connectivity index (χ1) is 13.0. The maximum atomic E-state index is 13.9. The fourth-order valence-corrected chi connectivity index (χ4v) is 5.49. The number of aromatic nitrogens is 2. The molecular formula is C20H23F2N5. The Morgan fingerprint density at radius 3 is 2.37 bits per heavy atom. The lowest BCUT2D eigenvalue weighted by atomic mass is 9.75. The van der Waals surface area contributed by atoms with Crippen LogP contribution in [0, 0.1) is 24.5 Å². The summed E-state index contributed by atoms with van der Waals surface area (Å²) in [6.45, 7) is 4.70. The van der Waals surface area contributed by atoms with Gasteiger partial charge < -0.3 is 10.6 Å². The average molecular weight is 371 g/mol. The molecule has 0 saturated carbocycles. The molecule has 5 nitrogen and oxygen atoms in total. The third-order valence-corrected chi connectivity index (χ3v) is 6.46. The van der Waals surface area contributed by atoms with Crippen molar-refractivity contribution in [2.24, 2.45) is 5.92 Å². The molecule has 0 aliphatic carbocycles. The molecule has 142 valence electrons. The van der Waals surface area contributed by atoms with Crippen molar-refractivity contribution in [2.45, 2.75) is 37.8 Å². The molecule has 2 N–H and O–H groups in total. The van der Waals surface area contributed by atoms with E-state index >= 15 is 0 Å². The first-order valence-electron chi connectivity index (χ1n) is 9.57. The first-order valence-corrected chi connectivity index (χ1v) is 9.57. The van der Waals surface area contributed by atoms with Gasteiger partial charge in [0.2, 0.25) is 5.95 Å². The minimum Gasteiger partial charge on any atom is -0.368 e. The van der Waals surface area contributed by atoms with Crippen molar-refractivity contribution in [1.82, 2.24) is 14.9 Å². The van der Waals surface area contributed by atoms with Gasteiger partial charge in [0, 0.05) is 42.4 Å². The molecule has 2 aromatic rings. The smallest absolute Gasteiger partial charge is 0.222 e. The minimum atomic E-state index is -0.516.